The number of thioether (sulfide) groups is 1. The molecule has 0 bridgehead atoms. The highest BCUT2D eigenvalue weighted by atomic mass is 32.2. The first kappa shape index (κ1) is 12.1. The average molecular weight is 248 g/mol. The molecule has 0 aliphatic carbocycles. The third-order valence-corrected chi connectivity index (χ3v) is 3.54. The summed E-state index contributed by atoms with van der Waals surface area (Å²) in [6, 6.07) is 16.0. The summed E-state index contributed by atoms with van der Waals surface area (Å²) in [7, 11) is 0. The molecule has 0 aliphatic rings. The molecule has 3 heteroatoms. The van der Waals surface area contributed by atoms with Crippen molar-refractivity contribution in [1.29, 1.82) is 0 Å². The van der Waals surface area contributed by atoms with E-state index in [-0.39, 0.29) is 5.82 Å². The number of aliphatic hydroxyl groups is 1. The SMILES string of the molecule is OC(CSc1ccccc1F)c1ccccc1. The Morgan fingerprint density at radius 2 is 1.65 bits per heavy atom. The van der Waals surface area contributed by atoms with Crippen LogP contribution in [0.25, 0.3) is 0 Å². The molecule has 0 fully saturated rings. The second kappa shape index (κ2) is 5.84. The van der Waals surface area contributed by atoms with E-state index in [1.165, 1.54) is 17.8 Å². The van der Waals surface area contributed by atoms with Gasteiger partial charge in [0.25, 0.3) is 0 Å². The monoisotopic (exact) mass is 248 g/mol. The van der Waals surface area contributed by atoms with E-state index in [9.17, 15) is 9.50 Å². The average Bonchev–Trinajstić information content (AvgIpc) is 2.38. The molecule has 2 rings (SSSR count). The number of hydrogen-bond donors (Lipinski definition) is 1. The molecule has 0 radical (unpaired) electrons. The highest BCUT2D eigenvalue weighted by Gasteiger charge is 2.09. The Bertz CT molecular complexity index is 473. The van der Waals surface area contributed by atoms with Crippen molar-refractivity contribution in [2.24, 2.45) is 0 Å². The molecule has 88 valence electrons. The number of halogens is 1. The van der Waals surface area contributed by atoms with E-state index in [2.05, 4.69) is 0 Å². The van der Waals surface area contributed by atoms with Gasteiger partial charge in [-0.3, -0.25) is 0 Å². The van der Waals surface area contributed by atoms with Crippen molar-refractivity contribution in [2.45, 2.75) is 11.0 Å². The summed E-state index contributed by atoms with van der Waals surface area (Å²) >= 11 is 1.32. The molecule has 1 N–H and O–H groups in total. The zero-order chi connectivity index (χ0) is 12.1. The second-order valence-electron chi connectivity index (χ2n) is 3.67. The van der Waals surface area contributed by atoms with E-state index in [1.54, 1.807) is 18.2 Å². The molecule has 0 saturated carbocycles. The second-order valence-corrected chi connectivity index (χ2v) is 4.73. The molecule has 0 aromatic heterocycles. The Kier molecular flexibility index (Phi) is 4.18. The first-order valence-electron chi connectivity index (χ1n) is 5.37. The quantitative estimate of drug-likeness (QED) is 0.833. The molecule has 0 aliphatic heterocycles. The Morgan fingerprint density at radius 1 is 1.00 bits per heavy atom. The first-order valence-corrected chi connectivity index (χ1v) is 6.36. The Balaban J connectivity index is 1.97. The molecule has 2 aromatic carbocycles. The van der Waals surface area contributed by atoms with E-state index in [1.807, 2.05) is 30.3 Å². The van der Waals surface area contributed by atoms with Crippen LogP contribution in [0.2, 0.25) is 0 Å². The highest BCUT2D eigenvalue weighted by molar-refractivity contribution is 7.99. The van der Waals surface area contributed by atoms with Crippen LogP contribution in [0.4, 0.5) is 4.39 Å². The van der Waals surface area contributed by atoms with Crippen LogP contribution in [-0.2, 0) is 0 Å². The van der Waals surface area contributed by atoms with Crippen LogP contribution in [0.3, 0.4) is 0 Å². The molecule has 0 heterocycles. The van der Waals surface area contributed by atoms with Gasteiger partial charge in [0.05, 0.1) is 6.10 Å². The van der Waals surface area contributed by atoms with Crippen molar-refractivity contribution >= 4 is 11.8 Å². The maximum Gasteiger partial charge on any atom is 0.136 e. The Labute approximate surface area is 104 Å². The number of benzene rings is 2. The van der Waals surface area contributed by atoms with Crippen LogP contribution >= 0.6 is 11.8 Å². The molecule has 2 aromatic rings. The lowest BCUT2D eigenvalue weighted by molar-refractivity contribution is 0.204. The van der Waals surface area contributed by atoms with E-state index < -0.39 is 6.10 Å². The third kappa shape index (κ3) is 3.32. The molecule has 0 saturated heterocycles. The van der Waals surface area contributed by atoms with Gasteiger partial charge in [-0.1, -0.05) is 42.5 Å². The smallest absolute Gasteiger partial charge is 0.136 e. The van der Waals surface area contributed by atoms with Gasteiger partial charge in [-0.25, -0.2) is 4.39 Å². The van der Waals surface area contributed by atoms with Crippen LogP contribution < -0.4 is 0 Å². The maximum absolute atomic E-state index is 13.3. The van der Waals surface area contributed by atoms with E-state index in [0.717, 1.165) is 5.56 Å². The number of rotatable bonds is 4. The Hall–Kier alpha value is -1.32. The van der Waals surface area contributed by atoms with Gasteiger partial charge in [0.15, 0.2) is 0 Å². The van der Waals surface area contributed by atoms with Crippen molar-refractivity contribution in [2.75, 3.05) is 5.75 Å². The zero-order valence-electron chi connectivity index (χ0n) is 9.21. The summed E-state index contributed by atoms with van der Waals surface area (Å²) in [5.74, 6) is 0.211. The summed E-state index contributed by atoms with van der Waals surface area (Å²) in [5.41, 5.74) is 0.858. The van der Waals surface area contributed by atoms with Crippen molar-refractivity contribution < 1.29 is 9.50 Å². The highest BCUT2D eigenvalue weighted by Crippen LogP contribution is 2.26. The van der Waals surface area contributed by atoms with Crippen molar-refractivity contribution in [3.05, 3.63) is 66.0 Å². The van der Waals surface area contributed by atoms with E-state index in [0.29, 0.717) is 10.6 Å². The van der Waals surface area contributed by atoms with E-state index in [4.69, 9.17) is 0 Å². The molecule has 0 spiro atoms. The van der Waals surface area contributed by atoms with Gasteiger partial charge in [-0.15, -0.1) is 11.8 Å². The number of hydrogen-bond acceptors (Lipinski definition) is 2. The van der Waals surface area contributed by atoms with Crippen LogP contribution in [0, 0.1) is 5.82 Å². The summed E-state index contributed by atoms with van der Waals surface area (Å²) < 4.78 is 13.3. The zero-order valence-corrected chi connectivity index (χ0v) is 10.0. The van der Waals surface area contributed by atoms with Gasteiger partial charge in [0, 0.05) is 10.6 Å². The fraction of sp³-hybridized carbons (Fsp3) is 0.143. The van der Waals surface area contributed by atoms with Gasteiger partial charge in [0.2, 0.25) is 0 Å². The third-order valence-electron chi connectivity index (χ3n) is 2.42. The molecule has 1 unspecified atom stereocenters. The van der Waals surface area contributed by atoms with Gasteiger partial charge >= 0.3 is 0 Å². The fourth-order valence-electron chi connectivity index (χ4n) is 1.50. The minimum Gasteiger partial charge on any atom is -0.388 e. The molecule has 1 nitrogen and oxygen atoms in total. The summed E-state index contributed by atoms with van der Waals surface area (Å²) in [5, 5.41) is 9.93. The fourth-order valence-corrected chi connectivity index (χ4v) is 2.41. The van der Waals surface area contributed by atoms with Crippen LogP contribution in [0.1, 0.15) is 11.7 Å². The summed E-state index contributed by atoms with van der Waals surface area (Å²) in [4.78, 5) is 0.572. The summed E-state index contributed by atoms with van der Waals surface area (Å²) in [6.45, 7) is 0. The first-order chi connectivity index (χ1) is 8.27. The minimum atomic E-state index is -0.569. The van der Waals surface area contributed by atoms with Gasteiger partial charge in [0.1, 0.15) is 5.82 Å². The van der Waals surface area contributed by atoms with Crippen LogP contribution in [0.5, 0.6) is 0 Å². The topological polar surface area (TPSA) is 20.2 Å². The molecule has 1 atom stereocenters. The lowest BCUT2D eigenvalue weighted by Gasteiger charge is -2.10. The predicted molar refractivity (Wildman–Crippen MR) is 68.5 cm³/mol. The van der Waals surface area contributed by atoms with Crippen LogP contribution in [0.15, 0.2) is 59.5 Å². The molecule has 17 heavy (non-hydrogen) atoms. The lowest BCUT2D eigenvalue weighted by Crippen LogP contribution is -2.00. The lowest BCUT2D eigenvalue weighted by atomic mass is 10.1. The predicted octanol–water partition coefficient (Wildman–Crippen LogP) is 3.65. The standard InChI is InChI=1S/C14H13FOS/c15-12-8-4-5-9-14(12)17-10-13(16)11-6-2-1-3-7-11/h1-9,13,16H,10H2. The molecular formula is C14H13FOS. The molecule has 0 amide bonds. The minimum absolute atomic E-state index is 0.238. The van der Waals surface area contributed by atoms with Gasteiger partial charge < -0.3 is 5.11 Å². The Morgan fingerprint density at radius 3 is 2.35 bits per heavy atom. The maximum atomic E-state index is 13.3. The van der Waals surface area contributed by atoms with Crippen molar-refractivity contribution in [1.82, 2.24) is 0 Å². The van der Waals surface area contributed by atoms with Crippen molar-refractivity contribution in [3.8, 4) is 0 Å². The van der Waals surface area contributed by atoms with Crippen molar-refractivity contribution in [3.63, 3.8) is 0 Å². The van der Waals surface area contributed by atoms with E-state index >= 15 is 0 Å². The number of aliphatic hydroxyl groups excluding tert-OH is 1. The normalized spacial score (nSPS) is 12.4. The van der Waals surface area contributed by atoms with Crippen LogP contribution in [-0.4, -0.2) is 10.9 Å². The summed E-state index contributed by atoms with van der Waals surface area (Å²) in [6.07, 6.45) is -0.569. The van der Waals surface area contributed by atoms with Gasteiger partial charge in [-0.2, -0.15) is 0 Å². The van der Waals surface area contributed by atoms with Gasteiger partial charge in [-0.05, 0) is 17.7 Å². The molecular weight excluding hydrogens is 235 g/mol. The largest absolute Gasteiger partial charge is 0.388 e.